The van der Waals surface area contributed by atoms with Gasteiger partial charge in [-0.3, -0.25) is 9.89 Å². The second kappa shape index (κ2) is 6.93. The zero-order valence-electron chi connectivity index (χ0n) is 14.0. The quantitative estimate of drug-likeness (QED) is 0.752. The van der Waals surface area contributed by atoms with Gasteiger partial charge in [-0.1, -0.05) is 30.3 Å². The van der Waals surface area contributed by atoms with E-state index in [1.165, 1.54) is 5.56 Å². The van der Waals surface area contributed by atoms with Gasteiger partial charge >= 0.3 is 0 Å². The molecule has 0 saturated heterocycles. The molecular weight excluding hydrogens is 314 g/mol. The number of rotatable bonds is 5. The van der Waals surface area contributed by atoms with E-state index in [0.717, 1.165) is 29.8 Å². The van der Waals surface area contributed by atoms with Gasteiger partial charge in [0, 0.05) is 25.1 Å². The monoisotopic (exact) mass is 335 g/mol. The molecule has 0 saturated carbocycles. The molecule has 1 unspecified atom stereocenters. The van der Waals surface area contributed by atoms with Crippen LogP contribution in [0.3, 0.4) is 0 Å². The zero-order chi connectivity index (χ0) is 17.1. The summed E-state index contributed by atoms with van der Waals surface area (Å²) in [6.45, 7) is 1.30. The number of H-pyrrole nitrogens is 2. The van der Waals surface area contributed by atoms with Crippen molar-refractivity contribution < 1.29 is 4.79 Å². The lowest BCUT2D eigenvalue weighted by atomic mass is 9.90. The van der Waals surface area contributed by atoms with E-state index in [2.05, 4.69) is 32.3 Å². The predicted octanol–water partition coefficient (Wildman–Crippen LogP) is 2.63. The number of aromatic nitrogens is 4. The Hall–Kier alpha value is -2.89. The van der Waals surface area contributed by atoms with Crippen molar-refractivity contribution in [2.75, 3.05) is 6.54 Å². The van der Waals surface area contributed by atoms with E-state index >= 15 is 0 Å². The first-order valence-electron chi connectivity index (χ1n) is 8.64. The molecule has 1 aliphatic rings. The Bertz CT molecular complexity index is 825. The predicted molar refractivity (Wildman–Crippen MR) is 93.8 cm³/mol. The minimum atomic E-state index is 0.133. The fraction of sp³-hybridized carbons (Fsp3) is 0.316. The van der Waals surface area contributed by atoms with Gasteiger partial charge in [0.1, 0.15) is 0 Å². The van der Waals surface area contributed by atoms with Crippen molar-refractivity contribution in [3.05, 3.63) is 71.6 Å². The van der Waals surface area contributed by atoms with E-state index in [1.54, 1.807) is 6.33 Å². The first-order chi connectivity index (χ1) is 12.3. The molecule has 1 aliphatic heterocycles. The van der Waals surface area contributed by atoms with Crippen LogP contribution in [-0.2, 0) is 17.8 Å². The Balaban J connectivity index is 1.45. The lowest BCUT2D eigenvalue weighted by Gasteiger charge is -2.32. The number of aromatic amines is 2. The first-order valence-corrected chi connectivity index (χ1v) is 8.64. The first kappa shape index (κ1) is 15.6. The fourth-order valence-electron chi connectivity index (χ4n) is 3.48. The van der Waals surface area contributed by atoms with E-state index in [-0.39, 0.29) is 11.8 Å². The molecule has 1 aromatic carbocycles. The maximum absolute atomic E-state index is 12.7. The molecule has 0 aliphatic carbocycles. The minimum absolute atomic E-state index is 0.133. The van der Waals surface area contributed by atoms with Crippen LogP contribution in [0, 0.1) is 0 Å². The van der Waals surface area contributed by atoms with Crippen molar-refractivity contribution in [1.82, 2.24) is 25.1 Å². The second-order valence-corrected chi connectivity index (χ2v) is 6.46. The molecule has 0 radical (unpaired) electrons. The van der Waals surface area contributed by atoms with Crippen molar-refractivity contribution in [1.29, 1.82) is 0 Å². The number of carbonyl (C=O) groups is 1. The number of benzene rings is 1. The zero-order valence-corrected chi connectivity index (χ0v) is 14.0. The number of hydrogen-bond acceptors (Lipinski definition) is 3. The molecular formula is C19H21N5O. The van der Waals surface area contributed by atoms with E-state index in [4.69, 9.17) is 0 Å². The summed E-state index contributed by atoms with van der Waals surface area (Å²) in [5.74, 6) is 0.332. The molecule has 6 heteroatoms. The van der Waals surface area contributed by atoms with Crippen LogP contribution in [0.15, 0.2) is 49.1 Å². The van der Waals surface area contributed by atoms with Gasteiger partial charge in [0.05, 0.1) is 30.5 Å². The maximum Gasteiger partial charge on any atom is 0.222 e. The number of carbonyl (C=O) groups excluding carboxylic acids is 1. The Labute approximate surface area is 146 Å². The molecule has 25 heavy (non-hydrogen) atoms. The van der Waals surface area contributed by atoms with Gasteiger partial charge in [-0.15, -0.1) is 0 Å². The third kappa shape index (κ3) is 3.33. The molecule has 1 amide bonds. The Morgan fingerprint density at radius 2 is 2.16 bits per heavy atom. The molecule has 6 nitrogen and oxygen atoms in total. The number of fused-ring (bicyclic) bond motifs is 1. The van der Waals surface area contributed by atoms with Crippen LogP contribution in [0.4, 0.5) is 0 Å². The SMILES string of the molecule is O=C(CCCc1cn[nH]c1)N1Cc2[nH]cnc2C(c2ccccc2)C1. The summed E-state index contributed by atoms with van der Waals surface area (Å²) >= 11 is 0. The average molecular weight is 335 g/mol. The third-order valence-corrected chi connectivity index (χ3v) is 4.80. The van der Waals surface area contributed by atoms with Crippen molar-refractivity contribution in [3.8, 4) is 0 Å². The van der Waals surface area contributed by atoms with Crippen molar-refractivity contribution in [3.63, 3.8) is 0 Å². The lowest BCUT2D eigenvalue weighted by molar-refractivity contribution is -0.132. The standard InChI is InChI=1S/C19H21N5O/c25-18(8-4-5-14-9-22-23-10-14)24-11-16(15-6-2-1-3-7-15)19-17(12-24)20-13-21-19/h1-3,6-7,9-10,13,16H,4-5,8,11-12H2,(H,20,21)(H,22,23). The highest BCUT2D eigenvalue weighted by Crippen LogP contribution is 2.31. The van der Waals surface area contributed by atoms with Gasteiger partial charge in [0.15, 0.2) is 0 Å². The highest BCUT2D eigenvalue weighted by molar-refractivity contribution is 5.76. The van der Waals surface area contributed by atoms with Crippen LogP contribution >= 0.6 is 0 Å². The molecule has 0 fully saturated rings. The molecule has 3 heterocycles. The van der Waals surface area contributed by atoms with Crippen LogP contribution in [0.1, 0.15) is 41.3 Å². The Morgan fingerprint density at radius 3 is 2.96 bits per heavy atom. The lowest BCUT2D eigenvalue weighted by Crippen LogP contribution is -2.38. The van der Waals surface area contributed by atoms with Crippen molar-refractivity contribution in [2.24, 2.45) is 0 Å². The summed E-state index contributed by atoms with van der Waals surface area (Å²) in [6.07, 6.45) is 7.68. The summed E-state index contributed by atoms with van der Waals surface area (Å²) in [7, 11) is 0. The fourth-order valence-corrected chi connectivity index (χ4v) is 3.48. The topological polar surface area (TPSA) is 77.7 Å². The summed E-state index contributed by atoms with van der Waals surface area (Å²) in [5.41, 5.74) is 4.45. The largest absolute Gasteiger partial charge is 0.347 e. The van der Waals surface area contributed by atoms with Crippen LogP contribution in [-0.4, -0.2) is 37.5 Å². The van der Waals surface area contributed by atoms with Gasteiger partial charge < -0.3 is 9.88 Å². The van der Waals surface area contributed by atoms with E-state index in [9.17, 15) is 4.79 Å². The molecule has 0 bridgehead atoms. The maximum atomic E-state index is 12.7. The van der Waals surface area contributed by atoms with E-state index in [0.29, 0.717) is 19.5 Å². The van der Waals surface area contributed by atoms with Crippen molar-refractivity contribution >= 4 is 5.91 Å². The van der Waals surface area contributed by atoms with Gasteiger partial charge in [-0.25, -0.2) is 4.98 Å². The summed E-state index contributed by atoms with van der Waals surface area (Å²) in [6, 6.07) is 10.3. The van der Waals surface area contributed by atoms with Gasteiger partial charge in [-0.05, 0) is 24.0 Å². The number of nitrogens with one attached hydrogen (secondary N) is 2. The summed E-state index contributed by atoms with van der Waals surface area (Å²) in [4.78, 5) is 22.4. The highest BCUT2D eigenvalue weighted by Gasteiger charge is 2.30. The number of aryl methyl sites for hydroxylation is 1. The van der Waals surface area contributed by atoms with Crippen LogP contribution in [0.2, 0.25) is 0 Å². The third-order valence-electron chi connectivity index (χ3n) is 4.80. The van der Waals surface area contributed by atoms with Crippen molar-refractivity contribution in [2.45, 2.75) is 31.7 Å². The number of amides is 1. The Morgan fingerprint density at radius 1 is 1.28 bits per heavy atom. The summed E-state index contributed by atoms with van der Waals surface area (Å²) < 4.78 is 0. The molecule has 0 spiro atoms. The molecule has 1 atom stereocenters. The minimum Gasteiger partial charge on any atom is -0.347 e. The molecule has 3 aromatic rings. The van der Waals surface area contributed by atoms with Gasteiger partial charge in [-0.2, -0.15) is 5.10 Å². The molecule has 4 rings (SSSR count). The van der Waals surface area contributed by atoms with Crippen LogP contribution in [0.25, 0.3) is 0 Å². The molecule has 2 N–H and O–H groups in total. The summed E-state index contributed by atoms with van der Waals surface area (Å²) in [5, 5.41) is 6.75. The smallest absolute Gasteiger partial charge is 0.222 e. The molecule has 2 aromatic heterocycles. The Kier molecular flexibility index (Phi) is 4.33. The number of imidazole rings is 1. The van der Waals surface area contributed by atoms with Crippen LogP contribution < -0.4 is 0 Å². The highest BCUT2D eigenvalue weighted by atomic mass is 16.2. The second-order valence-electron chi connectivity index (χ2n) is 6.46. The normalized spacial score (nSPS) is 16.6. The van der Waals surface area contributed by atoms with E-state index < -0.39 is 0 Å². The van der Waals surface area contributed by atoms with Crippen LogP contribution in [0.5, 0.6) is 0 Å². The van der Waals surface area contributed by atoms with Gasteiger partial charge in [0.25, 0.3) is 0 Å². The molecule has 128 valence electrons. The average Bonchev–Trinajstić information content (AvgIpc) is 3.33. The number of nitrogens with zero attached hydrogens (tertiary/aromatic N) is 3. The number of hydrogen-bond donors (Lipinski definition) is 2. The van der Waals surface area contributed by atoms with Gasteiger partial charge in [0.2, 0.25) is 5.91 Å². The van der Waals surface area contributed by atoms with E-state index in [1.807, 2.05) is 35.5 Å².